The molecule has 1 heterocycles. The van der Waals surface area contributed by atoms with E-state index >= 15 is 0 Å². The van der Waals surface area contributed by atoms with Gasteiger partial charge in [0.1, 0.15) is 0 Å². The number of hydrogen-bond acceptors (Lipinski definition) is 3. The number of halogens is 1. The minimum atomic E-state index is -0.908. The smallest absolute Gasteiger partial charge is 0.335 e. The van der Waals surface area contributed by atoms with Gasteiger partial charge in [-0.3, -0.25) is 0 Å². The van der Waals surface area contributed by atoms with E-state index in [2.05, 4.69) is 34.2 Å². The highest BCUT2D eigenvalue weighted by molar-refractivity contribution is 9.10. The fraction of sp³-hybridized carbons (Fsp3) is 0.214. The normalized spacial score (nSPS) is 12.2. The number of nitrogens with one attached hydrogen (secondary N) is 1. The number of aromatic carboxylic acids is 1. The van der Waals surface area contributed by atoms with Crippen LogP contribution in [0.2, 0.25) is 0 Å². The number of carboxylic acid groups (broad SMARTS) is 1. The van der Waals surface area contributed by atoms with E-state index in [1.54, 1.807) is 23.5 Å². The fourth-order valence-electron chi connectivity index (χ4n) is 1.77. The van der Waals surface area contributed by atoms with E-state index in [0.29, 0.717) is 5.56 Å². The Morgan fingerprint density at radius 3 is 2.74 bits per heavy atom. The summed E-state index contributed by atoms with van der Waals surface area (Å²) in [4.78, 5) is 12.2. The summed E-state index contributed by atoms with van der Waals surface area (Å²) in [5.74, 6) is -0.908. The predicted octanol–water partition coefficient (Wildman–Crippen LogP) is 4.69. The quantitative estimate of drug-likeness (QED) is 0.849. The van der Waals surface area contributed by atoms with E-state index in [-0.39, 0.29) is 6.04 Å². The second-order valence-corrected chi connectivity index (χ2v) is 6.23. The third-order valence-corrected chi connectivity index (χ3v) is 4.75. The fourth-order valence-corrected chi connectivity index (χ4v) is 3.22. The first-order valence-electron chi connectivity index (χ1n) is 5.82. The standard InChI is InChI=1S/C14H14BrNO2S/c1-8-3-4-10(14(17)18)5-12(8)16-9(2)13-6-11(15)7-19-13/h3-7,9,16H,1-2H3,(H,17,18). The Morgan fingerprint density at radius 2 is 2.16 bits per heavy atom. The Bertz CT molecular complexity index is 609. The molecule has 2 aromatic rings. The van der Waals surface area contributed by atoms with Crippen molar-refractivity contribution in [2.45, 2.75) is 19.9 Å². The number of rotatable bonds is 4. The van der Waals surface area contributed by atoms with Crippen molar-refractivity contribution in [1.29, 1.82) is 0 Å². The molecule has 0 saturated carbocycles. The molecule has 5 heteroatoms. The first-order chi connectivity index (χ1) is 8.97. The number of hydrogen-bond donors (Lipinski definition) is 2. The Kier molecular flexibility index (Phi) is 4.27. The molecule has 1 aromatic heterocycles. The maximum atomic E-state index is 11.0. The van der Waals surface area contributed by atoms with E-state index in [4.69, 9.17) is 5.11 Å². The SMILES string of the molecule is Cc1ccc(C(=O)O)cc1NC(C)c1cc(Br)cs1. The number of carboxylic acids is 1. The zero-order valence-electron chi connectivity index (χ0n) is 10.6. The molecule has 0 bridgehead atoms. The lowest BCUT2D eigenvalue weighted by atomic mass is 10.1. The van der Waals surface area contributed by atoms with E-state index < -0.39 is 5.97 Å². The molecule has 1 aromatic carbocycles. The maximum Gasteiger partial charge on any atom is 0.335 e. The molecule has 0 spiro atoms. The number of thiophene rings is 1. The molecule has 0 saturated heterocycles. The summed E-state index contributed by atoms with van der Waals surface area (Å²) in [6, 6.07) is 7.33. The molecule has 1 unspecified atom stereocenters. The molecule has 0 aliphatic rings. The molecule has 0 fully saturated rings. The minimum Gasteiger partial charge on any atom is -0.478 e. The summed E-state index contributed by atoms with van der Waals surface area (Å²) in [5.41, 5.74) is 2.19. The van der Waals surface area contributed by atoms with Crippen molar-refractivity contribution in [3.8, 4) is 0 Å². The molecular formula is C14H14BrNO2S. The molecule has 2 rings (SSSR count). The third kappa shape index (κ3) is 3.36. The molecule has 2 N–H and O–H groups in total. The van der Waals surface area contributed by atoms with Gasteiger partial charge >= 0.3 is 5.97 Å². The van der Waals surface area contributed by atoms with Gasteiger partial charge in [0.05, 0.1) is 11.6 Å². The molecule has 0 radical (unpaired) electrons. The molecule has 19 heavy (non-hydrogen) atoms. The minimum absolute atomic E-state index is 0.138. The largest absolute Gasteiger partial charge is 0.478 e. The van der Waals surface area contributed by atoms with Crippen LogP contribution in [-0.4, -0.2) is 11.1 Å². The maximum absolute atomic E-state index is 11.0. The first kappa shape index (κ1) is 14.1. The molecular weight excluding hydrogens is 326 g/mol. The Hall–Kier alpha value is -1.33. The number of aryl methyl sites for hydroxylation is 1. The van der Waals surface area contributed by atoms with Crippen LogP contribution in [0.3, 0.4) is 0 Å². The molecule has 0 amide bonds. The van der Waals surface area contributed by atoms with Crippen molar-refractivity contribution in [2.24, 2.45) is 0 Å². The zero-order chi connectivity index (χ0) is 14.0. The topological polar surface area (TPSA) is 49.3 Å². The molecule has 3 nitrogen and oxygen atoms in total. The highest BCUT2D eigenvalue weighted by Gasteiger charge is 2.11. The second-order valence-electron chi connectivity index (χ2n) is 4.37. The van der Waals surface area contributed by atoms with Crippen molar-refractivity contribution in [3.05, 3.63) is 50.1 Å². The lowest BCUT2D eigenvalue weighted by Gasteiger charge is -2.16. The van der Waals surface area contributed by atoms with Crippen molar-refractivity contribution < 1.29 is 9.90 Å². The average molecular weight is 340 g/mol. The van der Waals surface area contributed by atoms with Crippen LogP contribution in [0.1, 0.15) is 33.8 Å². The molecule has 0 aliphatic heterocycles. The van der Waals surface area contributed by atoms with Gasteiger partial charge in [-0.15, -0.1) is 11.3 Å². The predicted molar refractivity (Wildman–Crippen MR) is 82.2 cm³/mol. The van der Waals surface area contributed by atoms with Crippen LogP contribution in [0, 0.1) is 6.92 Å². The van der Waals surface area contributed by atoms with Gasteiger partial charge in [-0.2, -0.15) is 0 Å². The summed E-state index contributed by atoms with van der Waals surface area (Å²) in [6.07, 6.45) is 0. The van der Waals surface area contributed by atoms with Gasteiger partial charge in [0.2, 0.25) is 0 Å². The third-order valence-electron chi connectivity index (χ3n) is 2.87. The Balaban J connectivity index is 2.22. The molecule has 0 aliphatic carbocycles. The van der Waals surface area contributed by atoms with Crippen LogP contribution in [0.15, 0.2) is 34.1 Å². The van der Waals surface area contributed by atoms with Crippen molar-refractivity contribution in [1.82, 2.24) is 0 Å². The van der Waals surface area contributed by atoms with E-state index in [1.165, 1.54) is 4.88 Å². The van der Waals surface area contributed by atoms with Crippen LogP contribution in [0.5, 0.6) is 0 Å². The summed E-state index contributed by atoms with van der Waals surface area (Å²) < 4.78 is 1.07. The Morgan fingerprint density at radius 1 is 1.42 bits per heavy atom. The molecule has 1 atom stereocenters. The van der Waals surface area contributed by atoms with E-state index in [9.17, 15) is 4.79 Å². The highest BCUT2D eigenvalue weighted by atomic mass is 79.9. The average Bonchev–Trinajstić information content (AvgIpc) is 2.78. The molecule has 100 valence electrons. The summed E-state index contributed by atoms with van der Waals surface area (Å²) in [7, 11) is 0. The highest BCUT2D eigenvalue weighted by Crippen LogP contribution is 2.29. The lowest BCUT2D eigenvalue weighted by Crippen LogP contribution is -2.07. The second kappa shape index (κ2) is 5.75. The van der Waals surface area contributed by atoms with Crippen molar-refractivity contribution in [3.63, 3.8) is 0 Å². The van der Waals surface area contributed by atoms with Crippen LogP contribution in [0.4, 0.5) is 5.69 Å². The zero-order valence-corrected chi connectivity index (χ0v) is 13.0. The van der Waals surface area contributed by atoms with Crippen LogP contribution in [0.25, 0.3) is 0 Å². The Labute approximate surface area is 124 Å². The summed E-state index contributed by atoms with van der Waals surface area (Å²) >= 11 is 5.10. The van der Waals surface area contributed by atoms with Crippen LogP contribution < -0.4 is 5.32 Å². The first-order valence-corrected chi connectivity index (χ1v) is 7.49. The van der Waals surface area contributed by atoms with Gasteiger partial charge in [-0.25, -0.2) is 4.79 Å². The van der Waals surface area contributed by atoms with Gasteiger partial charge in [0.15, 0.2) is 0 Å². The van der Waals surface area contributed by atoms with Gasteiger partial charge in [-0.1, -0.05) is 6.07 Å². The number of benzene rings is 1. The summed E-state index contributed by atoms with van der Waals surface area (Å²) in [6.45, 7) is 4.02. The van der Waals surface area contributed by atoms with Gasteiger partial charge in [0.25, 0.3) is 0 Å². The monoisotopic (exact) mass is 339 g/mol. The van der Waals surface area contributed by atoms with Crippen LogP contribution in [-0.2, 0) is 0 Å². The van der Waals surface area contributed by atoms with Gasteiger partial charge in [0, 0.05) is 20.4 Å². The van der Waals surface area contributed by atoms with Crippen molar-refractivity contribution in [2.75, 3.05) is 5.32 Å². The van der Waals surface area contributed by atoms with Gasteiger partial charge in [-0.05, 0) is 53.5 Å². The summed E-state index contributed by atoms with van der Waals surface area (Å²) in [5, 5.41) is 14.4. The number of carbonyl (C=O) groups is 1. The van der Waals surface area contributed by atoms with Crippen molar-refractivity contribution >= 4 is 38.9 Å². The van der Waals surface area contributed by atoms with E-state index in [1.807, 2.05) is 18.4 Å². The van der Waals surface area contributed by atoms with Gasteiger partial charge < -0.3 is 10.4 Å². The number of anilines is 1. The lowest BCUT2D eigenvalue weighted by molar-refractivity contribution is 0.0697. The van der Waals surface area contributed by atoms with E-state index in [0.717, 1.165) is 15.7 Å². The van der Waals surface area contributed by atoms with Crippen LogP contribution >= 0.6 is 27.3 Å².